The predicted octanol–water partition coefficient (Wildman–Crippen LogP) is 3.29. The van der Waals surface area contributed by atoms with Gasteiger partial charge in [-0.3, -0.25) is 4.98 Å². The average molecular weight is 309 g/mol. The number of benzene rings is 1. The van der Waals surface area contributed by atoms with E-state index in [2.05, 4.69) is 16.0 Å². The second-order valence-corrected chi connectivity index (χ2v) is 5.30. The lowest BCUT2D eigenvalue weighted by Crippen LogP contribution is -2.23. The number of aromatic hydroxyl groups is 1. The van der Waals surface area contributed by atoms with Crippen molar-refractivity contribution < 1.29 is 9.84 Å². The maximum absolute atomic E-state index is 9.62. The number of halogens is 1. The molecule has 0 spiro atoms. The summed E-state index contributed by atoms with van der Waals surface area (Å²) in [5, 5.41) is 10.7. The highest BCUT2D eigenvalue weighted by molar-refractivity contribution is 5.93. The lowest BCUT2D eigenvalue weighted by Gasteiger charge is -2.21. The molecule has 0 saturated carbocycles. The number of pyridine rings is 1. The Morgan fingerprint density at radius 1 is 1.38 bits per heavy atom. The molecule has 1 aliphatic heterocycles. The molecule has 1 saturated heterocycles. The van der Waals surface area contributed by atoms with Crippen molar-refractivity contribution in [2.24, 2.45) is 0 Å². The van der Waals surface area contributed by atoms with Gasteiger partial charge in [-0.2, -0.15) is 0 Å². The molecule has 1 atom stereocenters. The van der Waals surface area contributed by atoms with Gasteiger partial charge in [0.15, 0.2) is 0 Å². The maximum Gasteiger partial charge on any atom is 0.117 e. The molecule has 1 aromatic carbocycles. The highest BCUT2D eigenvalue weighted by atomic mass is 35.5. The fraction of sp³-hybridized carbons (Fsp3) is 0.438. The van der Waals surface area contributed by atoms with Gasteiger partial charge in [-0.1, -0.05) is 0 Å². The third kappa shape index (κ3) is 3.22. The number of ether oxygens (including phenoxy) is 1. The van der Waals surface area contributed by atoms with E-state index in [1.807, 2.05) is 19.9 Å². The summed E-state index contributed by atoms with van der Waals surface area (Å²) in [6, 6.07) is 7.51. The van der Waals surface area contributed by atoms with E-state index >= 15 is 0 Å². The molecule has 1 aliphatic rings. The Balaban J connectivity index is 0.00000161. The Bertz CT molecular complexity index is 628. The lowest BCUT2D eigenvalue weighted by molar-refractivity contribution is 0.0788. The van der Waals surface area contributed by atoms with Crippen LogP contribution in [0.5, 0.6) is 5.75 Å². The van der Waals surface area contributed by atoms with Gasteiger partial charge in [-0.25, -0.2) is 0 Å². The van der Waals surface area contributed by atoms with E-state index in [1.165, 1.54) is 5.69 Å². The second-order valence-electron chi connectivity index (χ2n) is 5.30. The molecule has 0 aliphatic carbocycles. The molecule has 2 heterocycles. The molecule has 1 N–H and O–H groups in total. The van der Waals surface area contributed by atoms with Crippen molar-refractivity contribution >= 4 is 29.0 Å². The first-order valence-corrected chi connectivity index (χ1v) is 7.14. The first kappa shape index (κ1) is 15.9. The molecule has 2 aromatic rings. The SMILES string of the molecule is CCOC1CCN(c2cc(C)nc3cc(O)ccc23)C1.Cl. The lowest BCUT2D eigenvalue weighted by atomic mass is 10.1. The minimum Gasteiger partial charge on any atom is -0.508 e. The molecule has 21 heavy (non-hydrogen) atoms. The van der Waals surface area contributed by atoms with Crippen LogP contribution < -0.4 is 4.90 Å². The number of aryl methyl sites for hydroxylation is 1. The third-order valence-electron chi connectivity index (χ3n) is 3.79. The zero-order valence-corrected chi connectivity index (χ0v) is 13.2. The molecular weight excluding hydrogens is 288 g/mol. The standard InChI is InChI=1S/C16H20N2O2.ClH/c1-3-20-13-6-7-18(10-13)16-8-11(2)17-15-9-12(19)4-5-14(15)16;/h4-5,8-9,13,19H,3,6-7,10H2,1-2H3;1H. The topological polar surface area (TPSA) is 45.6 Å². The fourth-order valence-electron chi connectivity index (χ4n) is 2.91. The number of phenolic OH excluding ortho intramolecular Hbond substituents is 1. The van der Waals surface area contributed by atoms with Crippen LogP contribution in [-0.2, 0) is 4.74 Å². The maximum atomic E-state index is 9.62. The van der Waals surface area contributed by atoms with Crippen LogP contribution >= 0.6 is 12.4 Å². The van der Waals surface area contributed by atoms with E-state index in [4.69, 9.17) is 4.74 Å². The van der Waals surface area contributed by atoms with Gasteiger partial charge in [0, 0.05) is 42.5 Å². The number of anilines is 1. The summed E-state index contributed by atoms with van der Waals surface area (Å²) in [7, 11) is 0. The van der Waals surface area contributed by atoms with Crippen LogP contribution in [-0.4, -0.2) is 35.9 Å². The summed E-state index contributed by atoms with van der Waals surface area (Å²) in [6.45, 7) is 6.72. The van der Waals surface area contributed by atoms with E-state index in [1.54, 1.807) is 12.1 Å². The van der Waals surface area contributed by atoms with Gasteiger partial charge in [0.1, 0.15) is 5.75 Å². The molecule has 3 rings (SSSR count). The first-order valence-electron chi connectivity index (χ1n) is 7.14. The summed E-state index contributed by atoms with van der Waals surface area (Å²) >= 11 is 0. The van der Waals surface area contributed by atoms with Crippen molar-refractivity contribution in [2.75, 3.05) is 24.6 Å². The molecule has 1 unspecified atom stereocenters. The number of hydrogen-bond donors (Lipinski definition) is 1. The van der Waals surface area contributed by atoms with E-state index in [0.717, 1.165) is 42.7 Å². The van der Waals surface area contributed by atoms with Crippen LogP contribution in [0.4, 0.5) is 5.69 Å². The summed E-state index contributed by atoms with van der Waals surface area (Å²) < 4.78 is 5.72. The largest absolute Gasteiger partial charge is 0.508 e. The zero-order valence-electron chi connectivity index (χ0n) is 12.4. The highest BCUT2D eigenvalue weighted by Gasteiger charge is 2.24. The normalized spacial score (nSPS) is 18.0. The zero-order chi connectivity index (χ0) is 14.1. The van der Waals surface area contributed by atoms with Crippen molar-refractivity contribution in [3.05, 3.63) is 30.0 Å². The molecule has 5 heteroatoms. The van der Waals surface area contributed by atoms with Gasteiger partial charge in [-0.05, 0) is 38.5 Å². The third-order valence-corrected chi connectivity index (χ3v) is 3.79. The average Bonchev–Trinajstić information content (AvgIpc) is 2.86. The Labute approximate surface area is 131 Å². The number of rotatable bonds is 3. The minimum atomic E-state index is 0. The summed E-state index contributed by atoms with van der Waals surface area (Å²) in [5.41, 5.74) is 3.01. The quantitative estimate of drug-likeness (QED) is 0.945. The molecule has 0 amide bonds. The molecular formula is C16H21ClN2O2. The van der Waals surface area contributed by atoms with Crippen LogP contribution in [0.2, 0.25) is 0 Å². The summed E-state index contributed by atoms with van der Waals surface area (Å²) in [4.78, 5) is 6.86. The first-order chi connectivity index (χ1) is 9.67. The number of aromatic nitrogens is 1. The number of phenols is 1. The Kier molecular flexibility index (Phi) is 4.91. The highest BCUT2D eigenvalue weighted by Crippen LogP contribution is 2.31. The van der Waals surface area contributed by atoms with E-state index in [-0.39, 0.29) is 18.2 Å². The predicted molar refractivity (Wildman–Crippen MR) is 87.6 cm³/mol. The molecule has 1 fully saturated rings. The van der Waals surface area contributed by atoms with Gasteiger partial charge in [-0.15, -0.1) is 12.4 Å². The van der Waals surface area contributed by atoms with Crippen molar-refractivity contribution in [1.82, 2.24) is 4.98 Å². The molecule has 1 aromatic heterocycles. The molecule has 114 valence electrons. The van der Waals surface area contributed by atoms with Crippen LogP contribution in [0.1, 0.15) is 19.0 Å². The Hall–Kier alpha value is -1.52. The van der Waals surface area contributed by atoms with Gasteiger partial charge >= 0.3 is 0 Å². The van der Waals surface area contributed by atoms with Crippen molar-refractivity contribution in [2.45, 2.75) is 26.4 Å². The Morgan fingerprint density at radius 2 is 2.19 bits per heavy atom. The van der Waals surface area contributed by atoms with Gasteiger partial charge in [0.2, 0.25) is 0 Å². The fourth-order valence-corrected chi connectivity index (χ4v) is 2.91. The van der Waals surface area contributed by atoms with Crippen molar-refractivity contribution in [1.29, 1.82) is 0 Å². The van der Waals surface area contributed by atoms with E-state index in [9.17, 15) is 5.11 Å². The second kappa shape index (κ2) is 6.50. The van der Waals surface area contributed by atoms with Crippen molar-refractivity contribution in [3.63, 3.8) is 0 Å². The monoisotopic (exact) mass is 308 g/mol. The number of fused-ring (bicyclic) bond motifs is 1. The molecule has 0 bridgehead atoms. The Morgan fingerprint density at radius 3 is 2.95 bits per heavy atom. The van der Waals surface area contributed by atoms with Crippen LogP contribution in [0.15, 0.2) is 24.3 Å². The van der Waals surface area contributed by atoms with Crippen LogP contribution in [0, 0.1) is 6.92 Å². The number of hydrogen-bond acceptors (Lipinski definition) is 4. The van der Waals surface area contributed by atoms with Crippen LogP contribution in [0.3, 0.4) is 0 Å². The van der Waals surface area contributed by atoms with E-state index in [0.29, 0.717) is 6.10 Å². The smallest absolute Gasteiger partial charge is 0.117 e. The molecule has 4 nitrogen and oxygen atoms in total. The van der Waals surface area contributed by atoms with Gasteiger partial charge < -0.3 is 14.7 Å². The van der Waals surface area contributed by atoms with E-state index < -0.39 is 0 Å². The van der Waals surface area contributed by atoms with Gasteiger partial charge in [0.05, 0.1) is 11.6 Å². The minimum absolute atomic E-state index is 0. The van der Waals surface area contributed by atoms with Crippen LogP contribution in [0.25, 0.3) is 10.9 Å². The summed E-state index contributed by atoms with van der Waals surface area (Å²) in [6.07, 6.45) is 1.38. The summed E-state index contributed by atoms with van der Waals surface area (Å²) in [5.74, 6) is 0.259. The molecule has 0 radical (unpaired) electrons. The van der Waals surface area contributed by atoms with Gasteiger partial charge in [0.25, 0.3) is 0 Å². The number of nitrogens with zero attached hydrogens (tertiary/aromatic N) is 2. The van der Waals surface area contributed by atoms with Crippen molar-refractivity contribution in [3.8, 4) is 5.75 Å².